The molecule has 1 unspecified atom stereocenters. The topological polar surface area (TPSA) is 94.0 Å². The van der Waals surface area contributed by atoms with Crippen LogP contribution in [-0.2, 0) is 4.74 Å². The van der Waals surface area contributed by atoms with Crippen molar-refractivity contribution >= 4 is 5.91 Å². The highest BCUT2D eigenvalue weighted by atomic mass is 19.4. The lowest BCUT2D eigenvalue weighted by atomic mass is 9.91. The molecule has 8 nitrogen and oxygen atoms in total. The molecule has 2 aromatic rings. The van der Waals surface area contributed by atoms with E-state index in [2.05, 4.69) is 25.7 Å². The Kier molecular flexibility index (Phi) is 7.28. The standard InChI is InChI=1S/C22H29F3N6O2/c1-14-10-18(21(32)29-17-7-5-16(6-8-17)26-13-22(23,24)25)30-20(28-14)15-11-27-31(12-15)19-4-2-3-9-33-19/h10-12,16-17,19,26H,2-9,13H2,1H3,(H,29,32). The molecule has 2 fully saturated rings. The number of rotatable bonds is 6. The maximum Gasteiger partial charge on any atom is 0.401 e. The molecule has 2 N–H and O–H groups in total. The van der Waals surface area contributed by atoms with Crippen molar-refractivity contribution in [2.45, 2.75) is 76.4 Å². The third kappa shape index (κ3) is 6.50. The van der Waals surface area contributed by atoms with Crippen LogP contribution in [0.25, 0.3) is 11.4 Å². The Balaban J connectivity index is 1.36. The van der Waals surface area contributed by atoms with E-state index in [1.54, 1.807) is 23.9 Å². The fourth-order valence-corrected chi connectivity index (χ4v) is 4.32. The summed E-state index contributed by atoms with van der Waals surface area (Å²) in [5, 5.41) is 9.91. The van der Waals surface area contributed by atoms with Gasteiger partial charge in [0.25, 0.3) is 5.91 Å². The molecule has 1 amide bonds. The largest absolute Gasteiger partial charge is 0.401 e. The van der Waals surface area contributed by atoms with Gasteiger partial charge in [0.2, 0.25) is 0 Å². The summed E-state index contributed by atoms with van der Waals surface area (Å²) in [7, 11) is 0. The zero-order valence-corrected chi connectivity index (χ0v) is 18.6. The number of ether oxygens (including phenoxy) is 1. The number of aromatic nitrogens is 4. The number of aryl methyl sites for hydroxylation is 1. The van der Waals surface area contributed by atoms with Gasteiger partial charge in [-0.1, -0.05) is 0 Å². The second kappa shape index (κ2) is 10.2. The van der Waals surface area contributed by atoms with Gasteiger partial charge in [-0.2, -0.15) is 18.3 Å². The van der Waals surface area contributed by atoms with Gasteiger partial charge in [-0.3, -0.25) is 4.79 Å². The fourth-order valence-electron chi connectivity index (χ4n) is 4.32. The van der Waals surface area contributed by atoms with E-state index in [1.165, 1.54) is 0 Å². The average Bonchev–Trinajstić information content (AvgIpc) is 3.29. The summed E-state index contributed by atoms with van der Waals surface area (Å²) >= 11 is 0. The molecule has 1 saturated carbocycles. The number of hydrogen-bond donors (Lipinski definition) is 2. The summed E-state index contributed by atoms with van der Waals surface area (Å²) in [5.74, 6) is 0.110. The van der Waals surface area contributed by atoms with Crippen molar-refractivity contribution in [1.82, 2.24) is 30.4 Å². The predicted molar refractivity (Wildman–Crippen MR) is 114 cm³/mol. The van der Waals surface area contributed by atoms with Crippen LogP contribution in [0.15, 0.2) is 18.5 Å². The van der Waals surface area contributed by atoms with E-state index < -0.39 is 12.7 Å². The van der Waals surface area contributed by atoms with E-state index >= 15 is 0 Å². The van der Waals surface area contributed by atoms with Crippen molar-refractivity contribution in [3.8, 4) is 11.4 Å². The van der Waals surface area contributed by atoms with Gasteiger partial charge < -0.3 is 15.4 Å². The molecular weight excluding hydrogens is 437 g/mol. The Morgan fingerprint density at radius 3 is 2.61 bits per heavy atom. The van der Waals surface area contributed by atoms with Gasteiger partial charge >= 0.3 is 6.18 Å². The summed E-state index contributed by atoms with van der Waals surface area (Å²) in [6.45, 7) is 1.53. The third-order valence-electron chi connectivity index (χ3n) is 6.05. The normalized spacial score (nSPS) is 23.9. The van der Waals surface area contributed by atoms with Gasteiger partial charge in [0.05, 0.1) is 18.3 Å². The van der Waals surface area contributed by atoms with Crippen LogP contribution in [0.5, 0.6) is 0 Å². The van der Waals surface area contributed by atoms with Crippen molar-refractivity contribution in [2.24, 2.45) is 0 Å². The third-order valence-corrected chi connectivity index (χ3v) is 6.05. The van der Waals surface area contributed by atoms with Gasteiger partial charge in [0.15, 0.2) is 5.82 Å². The highest BCUT2D eigenvalue weighted by molar-refractivity contribution is 5.93. The number of hydrogen-bond acceptors (Lipinski definition) is 6. The van der Waals surface area contributed by atoms with E-state index in [4.69, 9.17) is 4.74 Å². The predicted octanol–water partition coefficient (Wildman–Crippen LogP) is 3.54. The van der Waals surface area contributed by atoms with E-state index in [0.717, 1.165) is 19.3 Å². The number of alkyl halides is 3. The molecule has 4 rings (SSSR count). The van der Waals surface area contributed by atoms with E-state index in [9.17, 15) is 18.0 Å². The van der Waals surface area contributed by atoms with Crippen molar-refractivity contribution in [1.29, 1.82) is 0 Å². The first-order valence-corrected chi connectivity index (χ1v) is 11.4. The number of halogens is 3. The van der Waals surface area contributed by atoms with Crippen LogP contribution in [0.4, 0.5) is 13.2 Å². The minimum Gasteiger partial charge on any atom is -0.357 e. The summed E-state index contributed by atoms with van der Waals surface area (Å²) < 4.78 is 44.7. The second-order valence-corrected chi connectivity index (χ2v) is 8.77. The van der Waals surface area contributed by atoms with Gasteiger partial charge in [-0.05, 0) is 57.9 Å². The molecule has 0 spiro atoms. The van der Waals surface area contributed by atoms with Crippen molar-refractivity contribution < 1.29 is 22.7 Å². The molecule has 2 aliphatic rings. The molecule has 1 aliphatic carbocycles. The zero-order valence-electron chi connectivity index (χ0n) is 18.6. The quantitative estimate of drug-likeness (QED) is 0.677. The number of nitrogens with one attached hydrogen (secondary N) is 2. The minimum absolute atomic E-state index is 0.0913. The lowest BCUT2D eigenvalue weighted by molar-refractivity contribution is -0.126. The Hall–Kier alpha value is -2.53. The fraction of sp³-hybridized carbons (Fsp3) is 0.636. The zero-order chi connectivity index (χ0) is 23.4. The number of carbonyl (C=O) groups is 1. The van der Waals surface area contributed by atoms with Crippen LogP contribution in [0, 0.1) is 6.92 Å². The minimum atomic E-state index is -4.21. The molecule has 1 saturated heterocycles. The Morgan fingerprint density at radius 2 is 1.91 bits per heavy atom. The maximum atomic E-state index is 12.8. The van der Waals surface area contributed by atoms with Crippen LogP contribution in [0.1, 0.15) is 67.4 Å². The molecule has 1 atom stereocenters. The van der Waals surface area contributed by atoms with Crippen molar-refractivity contribution in [3.05, 3.63) is 29.8 Å². The molecule has 0 bridgehead atoms. The van der Waals surface area contributed by atoms with E-state index in [-0.39, 0.29) is 29.9 Å². The van der Waals surface area contributed by atoms with Gasteiger partial charge in [0, 0.05) is 30.6 Å². The molecule has 11 heteroatoms. The lowest BCUT2D eigenvalue weighted by Gasteiger charge is -2.30. The summed E-state index contributed by atoms with van der Waals surface area (Å²) in [4.78, 5) is 21.7. The number of nitrogens with zero attached hydrogens (tertiary/aromatic N) is 4. The van der Waals surface area contributed by atoms with Gasteiger partial charge in [0.1, 0.15) is 11.9 Å². The highest BCUT2D eigenvalue weighted by Gasteiger charge is 2.30. The SMILES string of the molecule is Cc1cc(C(=O)NC2CCC(NCC(F)(F)F)CC2)nc(-c2cnn(C3CCCCO3)c2)n1. The average molecular weight is 467 g/mol. The first kappa shape index (κ1) is 23.6. The van der Waals surface area contributed by atoms with Gasteiger partial charge in [-0.25, -0.2) is 14.6 Å². The molecule has 33 heavy (non-hydrogen) atoms. The summed E-state index contributed by atoms with van der Waals surface area (Å²) in [6.07, 6.45) is 4.63. The summed E-state index contributed by atoms with van der Waals surface area (Å²) in [5.41, 5.74) is 1.63. The lowest BCUT2D eigenvalue weighted by Crippen LogP contribution is -2.44. The first-order valence-electron chi connectivity index (χ1n) is 11.4. The molecule has 1 aliphatic heterocycles. The Morgan fingerprint density at radius 1 is 1.15 bits per heavy atom. The van der Waals surface area contributed by atoms with Gasteiger partial charge in [-0.15, -0.1) is 0 Å². The van der Waals surface area contributed by atoms with Crippen LogP contribution in [0.3, 0.4) is 0 Å². The smallest absolute Gasteiger partial charge is 0.357 e. The highest BCUT2D eigenvalue weighted by Crippen LogP contribution is 2.25. The van der Waals surface area contributed by atoms with E-state index in [0.29, 0.717) is 49.4 Å². The van der Waals surface area contributed by atoms with Crippen molar-refractivity contribution in [3.63, 3.8) is 0 Å². The first-order chi connectivity index (χ1) is 15.8. The summed E-state index contributed by atoms with van der Waals surface area (Å²) in [6, 6.07) is 1.35. The van der Waals surface area contributed by atoms with Crippen LogP contribution < -0.4 is 10.6 Å². The molecule has 0 aromatic carbocycles. The molecule has 3 heterocycles. The molecule has 180 valence electrons. The number of amides is 1. The monoisotopic (exact) mass is 466 g/mol. The van der Waals surface area contributed by atoms with Crippen molar-refractivity contribution in [2.75, 3.05) is 13.2 Å². The number of carbonyl (C=O) groups excluding carboxylic acids is 1. The molecule has 0 radical (unpaired) electrons. The van der Waals surface area contributed by atoms with E-state index in [1.807, 2.05) is 6.20 Å². The Labute approximate surface area is 190 Å². The second-order valence-electron chi connectivity index (χ2n) is 8.77. The van der Waals surface area contributed by atoms with Crippen LogP contribution in [0.2, 0.25) is 0 Å². The molecule has 2 aromatic heterocycles. The maximum absolute atomic E-state index is 12.8. The Bertz CT molecular complexity index is 950. The van der Waals surface area contributed by atoms with Crippen LogP contribution >= 0.6 is 0 Å². The van der Waals surface area contributed by atoms with Crippen LogP contribution in [-0.4, -0.2) is 57.1 Å². The molecular formula is C22H29F3N6O2.